The van der Waals surface area contributed by atoms with Gasteiger partial charge in [-0.3, -0.25) is 24.6 Å². The molecule has 4 aliphatic heterocycles. The van der Waals surface area contributed by atoms with Crippen LogP contribution in [-0.2, 0) is 22.7 Å². The molecule has 7 heteroatoms. The van der Waals surface area contributed by atoms with Gasteiger partial charge in [-0.1, -0.05) is 12.1 Å². The number of hydrogen-bond acceptors (Lipinski definition) is 5. The summed E-state index contributed by atoms with van der Waals surface area (Å²) < 4.78 is 0. The van der Waals surface area contributed by atoms with E-state index in [2.05, 4.69) is 21.6 Å². The first-order valence-electron chi connectivity index (χ1n) is 12.8. The molecule has 0 spiro atoms. The highest BCUT2D eigenvalue weighted by Crippen LogP contribution is 2.32. The number of hydrogen-bond donors (Lipinski definition) is 2. The Labute approximate surface area is 196 Å². The number of benzene rings is 1. The van der Waals surface area contributed by atoms with Crippen LogP contribution in [-0.4, -0.2) is 59.7 Å². The van der Waals surface area contributed by atoms with Crippen LogP contribution in [0.3, 0.4) is 0 Å². The van der Waals surface area contributed by atoms with Crippen molar-refractivity contribution in [1.82, 2.24) is 20.4 Å². The topological polar surface area (TPSA) is 81.8 Å². The number of fused-ring (bicyclic) bond motifs is 1. The predicted octanol–water partition coefficient (Wildman–Crippen LogP) is 2.44. The summed E-state index contributed by atoms with van der Waals surface area (Å²) in [6.07, 6.45) is 8.55. The first-order valence-corrected chi connectivity index (χ1v) is 12.8. The molecule has 1 aromatic carbocycles. The maximum atomic E-state index is 13.1. The quantitative estimate of drug-likeness (QED) is 0.686. The van der Waals surface area contributed by atoms with Gasteiger partial charge in [-0.15, -0.1) is 0 Å². The molecule has 0 saturated carbocycles. The molecule has 178 valence electrons. The van der Waals surface area contributed by atoms with E-state index in [4.69, 9.17) is 0 Å². The van der Waals surface area contributed by atoms with Gasteiger partial charge >= 0.3 is 0 Å². The number of likely N-dealkylation sites (tertiary alicyclic amines) is 1. The second-order valence-corrected chi connectivity index (χ2v) is 10.3. The molecular formula is C26H36N4O3. The van der Waals surface area contributed by atoms with Crippen molar-refractivity contribution in [3.63, 3.8) is 0 Å². The minimum atomic E-state index is -0.548. The molecule has 3 saturated heterocycles. The number of piperidine rings is 2. The molecule has 3 fully saturated rings. The minimum Gasteiger partial charge on any atom is -0.322 e. The number of imide groups is 1. The zero-order valence-corrected chi connectivity index (χ0v) is 19.5. The summed E-state index contributed by atoms with van der Waals surface area (Å²) in [5.41, 5.74) is 2.86. The lowest BCUT2D eigenvalue weighted by Gasteiger charge is -2.34. The summed E-state index contributed by atoms with van der Waals surface area (Å²) in [5.74, 6) is 1.12. The summed E-state index contributed by atoms with van der Waals surface area (Å²) in [6, 6.07) is 5.66. The van der Waals surface area contributed by atoms with Gasteiger partial charge in [0.15, 0.2) is 0 Å². The van der Waals surface area contributed by atoms with Crippen LogP contribution < -0.4 is 10.6 Å². The van der Waals surface area contributed by atoms with E-state index in [1.807, 2.05) is 12.1 Å². The van der Waals surface area contributed by atoms with Crippen LogP contribution in [0.5, 0.6) is 0 Å². The highest BCUT2D eigenvalue weighted by atomic mass is 16.2. The van der Waals surface area contributed by atoms with Crippen LogP contribution in [0.15, 0.2) is 18.2 Å². The van der Waals surface area contributed by atoms with E-state index >= 15 is 0 Å². The van der Waals surface area contributed by atoms with E-state index in [1.54, 1.807) is 4.90 Å². The van der Waals surface area contributed by atoms with E-state index in [0.717, 1.165) is 42.6 Å². The molecule has 1 atom stereocenters. The number of amides is 3. The summed E-state index contributed by atoms with van der Waals surface area (Å²) in [5, 5.41) is 5.87. The Morgan fingerprint density at radius 2 is 1.64 bits per heavy atom. The first kappa shape index (κ1) is 22.5. The average molecular weight is 453 g/mol. The van der Waals surface area contributed by atoms with Gasteiger partial charge in [-0.25, -0.2) is 0 Å². The van der Waals surface area contributed by atoms with Crippen molar-refractivity contribution in [2.24, 2.45) is 11.8 Å². The molecule has 1 aromatic rings. The van der Waals surface area contributed by atoms with Crippen molar-refractivity contribution < 1.29 is 14.4 Å². The third kappa shape index (κ3) is 4.99. The molecular weight excluding hydrogens is 416 g/mol. The molecule has 0 aliphatic carbocycles. The largest absolute Gasteiger partial charge is 0.322 e. The van der Waals surface area contributed by atoms with Crippen molar-refractivity contribution in [3.8, 4) is 0 Å². The molecule has 4 heterocycles. The fourth-order valence-electron chi connectivity index (χ4n) is 6.31. The van der Waals surface area contributed by atoms with E-state index < -0.39 is 6.04 Å². The van der Waals surface area contributed by atoms with Gasteiger partial charge in [-0.2, -0.15) is 0 Å². The molecule has 0 radical (unpaired) electrons. The van der Waals surface area contributed by atoms with Gasteiger partial charge in [0.1, 0.15) is 6.04 Å². The zero-order chi connectivity index (χ0) is 22.8. The average Bonchev–Trinajstić information content (AvgIpc) is 3.12. The number of carbonyl (C=O) groups is 3. The fraction of sp³-hybridized carbons (Fsp3) is 0.654. The summed E-state index contributed by atoms with van der Waals surface area (Å²) in [6.45, 7) is 5.93. The van der Waals surface area contributed by atoms with Gasteiger partial charge < -0.3 is 10.2 Å². The standard InChI is InChI=1S/C26H36N4O3/c31-24-8-7-23(25(32)28-24)30-17-21-6-5-18(15-22(21)26(30)33)16-29-13-1-3-19(4-2-14-29)20-9-11-27-12-10-20/h5-6,15,19-20,23,27H,1-4,7-14,16-17H2,(H,28,31,32). The van der Waals surface area contributed by atoms with Crippen LogP contribution in [0.4, 0.5) is 0 Å². The number of rotatable bonds is 4. The molecule has 0 bridgehead atoms. The van der Waals surface area contributed by atoms with Crippen LogP contribution in [0.2, 0.25) is 0 Å². The summed E-state index contributed by atoms with van der Waals surface area (Å²) in [4.78, 5) is 41.0. The number of nitrogens with one attached hydrogen (secondary N) is 2. The third-order valence-electron chi connectivity index (χ3n) is 8.15. The molecule has 7 nitrogen and oxygen atoms in total. The Hall–Kier alpha value is -2.25. The third-order valence-corrected chi connectivity index (χ3v) is 8.15. The minimum absolute atomic E-state index is 0.0844. The van der Waals surface area contributed by atoms with Gasteiger partial charge in [0.05, 0.1) is 0 Å². The van der Waals surface area contributed by atoms with Crippen LogP contribution in [0, 0.1) is 11.8 Å². The van der Waals surface area contributed by atoms with Crippen LogP contribution in [0.1, 0.15) is 72.9 Å². The van der Waals surface area contributed by atoms with E-state index in [1.165, 1.54) is 57.2 Å². The molecule has 2 N–H and O–H groups in total. The molecule has 4 aliphatic rings. The van der Waals surface area contributed by atoms with Gasteiger partial charge in [0.25, 0.3) is 5.91 Å². The molecule has 5 rings (SSSR count). The normalized spacial score (nSPS) is 26.1. The second-order valence-electron chi connectivity index (χ2n) is 10.3. The fourth-order valence-corrected chi connectivity index (χ4v) is 6.31. The van der Waals surface area contributed by atoms with Crippen molar-refractivity contribution >= 4 is 17.7 Å². The first-order chi connectivity index (χ1) is 16.1. The highest BCUT2D eigenvalue weighted by Gasteiger charge is 2.39. The van der Waals surface area contributed by atoms with E-state index in [0.29, 0.717) is 13.0 Å². The summed E-state index contributed by atoms with van der Waals surface area (Å²) in [7, 11) is 0. The Morgan fingerprint density at radius 1 is 0.909 bits per heavy atom. The second kappa shape index (κ2) is 9.94. The van der Waals surface area contributed by atoms with E-state index in [9.17, 15) is 14.4 Å². The van der Waals surface area contributed by atoms with Crippen molar-refractivity contribution in [3.05, 3.63) is 34.9 Å². The van der Waals surface area contributed by atoms with Crippen LogP contribution >= 0.6 is 0 Å². The van der Waals surface area contributed by atoms with Crippen LogP contribution in [0.25, 0.3) is 0 Å². The molecule has 0 aromatic heterocycles. The lowest BCUT2D eigenvalue weighted by molar-refractivity contribution is -0.136. The SMILES string of the molecule is O=C1CCC(N2Cc3ccc(CN4CCCC(C5CCNCC5)CCC4)cc3C2=O)C(=O)N1. The monoisotopic (exact) mass is 452 g/mol. The number of nitrogens with zero attached hydrogens (tertiary/aromatic N) is 2. The Kier molecular flexibility index (Phi) is 6.79. The molecule has 33 heavy (non-hydrogen) atoms. The Bertz CT molecular complexity index is 901. The van der Waals surface area contributed by atoms with E-state index in [-0.39, 0.29) is 24.1 Å². The highest BCUT2D eigenvalue weighted by molar-refractivity contribution is 6.05. The summed E-state index contributed by atoms with van der Waals surface area (Å²) >= 11 is 0. The Morgan fingerprint density at radius 3 is 2.36 bits per heavy atom. The maximum Gasteiger partial charge on any atom is 0.255 e. The van der Waals surface area contributed by atoms with Crippen molar-refractivity contribution in [2.75, 3.05) is 26.2 Å². The van der Waals surface area contributed by atoms with Gasteiger partial charge in [-0.05, 0) is 100 Å². The maximum absolute atomic E-state index is 13.1. The van der Waals surface area contributed by atoms with Crippen molar-refractivity contribution in [2.45, 2.75) is 70.5 Å². The number of carbonyl (C=O) groups excluding carboxylic acids is 3. The Balaban J connectivity index is 1.18. The zero-order valence-electron chi connectivity index (χ0n) is 19.5. The smallest absolute Gasteiger partial charge is 0.255 e. The lowest BCUT2D eigenvalue weighted by atomic mass is 9.79. The van der Waals surface area contributed by atoms with Gasteiger partial charge in [0, 0.05) is 25.1 Å². The van der Waals surface area contributed by atoms with Crippen molar-refractivity contribution in [1.29, 1.82) is 0 Å². The molecule has 3 amide bonds. The molecule has 1 unspecified atom stereocenters. The predicted molar refractivity (Wildman–Crippen MR) is 125 cm³/mol. The lowest BCUT2D eigenvalue weighted by Crippen LogP contribution is -2.52. The van der Waals surface area contributed by atoms with Gasteiger partial charge in [0.2, 0.25) is 11.8 Å².